The van der Waals surface area contributed by atoms with Crippen LogP contribution in [0.4, 0.5) is 17.6 Å². The standard InChI is InChI=1S/C10H9ClF4O/c1-2-5-16-7-4-3-6(11)9(12)8(7)10(13,14)15/h3-4H,2,5H2,1H3. The molecule has 0 bridgehead atoms. The lowest BCUT2D eigenvalue weighted by Crippen LogP contribution is -2.12. The Morgan fingerprint density at radius 1 is 1.31 bits per heavy atom. The third kappa shape index (κ3) is 2.78. The highest BCUT2D eigenvalue weighted by molar-refractivity contribution is 6.30. The van der Waals surface area contributed by atoms with E-state index in [0.29, 0.717) is 6.42 Å². The fourth-order valence-electron chi connectivity index (χ4n) is 1.13. The van der Waals surface area contributed by atoms with E-state index in [9.17, 15) is 17.6 Å². The number of ether oxygens (including phenoxy) is 1. The molecule has 0 unspecified atom stereocenters. The molecular weight excluding hydrogens is 248 g/mol. The van der Waals surface area contributed by atoms with E-state index in [1.165, 1.54) is 0 Å². The summed E-state index contributed by atoms with van der Waals surface area (Å²) in [5.74, 6) is -2.03. The molecule has 0 N–H and O–H groups in total. The number of alkyl halides is 3. The number of benzene rings is 1. The van der Waals surface area contributed by atoms with E-state index in [4.69, 9.17) is 16.3 Å². The second kappa shape index (κ2) is 4.91. The van der Waals surface area contributed by atoms with E-state index in [1.807, 2.05) is 0 Å². The van der Waals surface area contributed by atoms with Crippen molar-refractivity contribution in [2.24, 2.45) is 0 Å². The molecule has 0 saturated carbocycles. The van der Waals surface area contributed by atoms with Crippen molar-refractivity contribution >= 4 is 11.6 Å². The summed E-state index contributed by atoms with van der Waals surface area (Å²) >= 11 is 5.30. The Morgan fingerprint density at radius 3 is 2.44 bits per heavy atom. The second-order valence-corrected chi connectivity index (χ2v) is 3.49. The van der Waals surface area contributed by atoms with E-state index in [-0.39, 0.29) is 6.61 Å². The molecule has 0 aliphatic rings. The highest BCUT2D eigenvalue weighted by Crippen LogP contribution is 2.40. The molecule has 0 saturated heterocycles. The Hall–Kier alpha value is -0.970. The van der Waals surface area contributed by atoms with Crippen molar-refractivity contribution in [1.82, 2.24) is 0 Å². The third-order valence-electron chi connectivity index (χ3n) is 1.80. The topological polar surface area (TPSA) is 9.23 Å². The highest BCUT2D eigenvalue weighted by Gasteiger charge is 2.38. The molecule has 1 aromatic rings. The first-order chi connectivity index (χ1) is 7.38. The van der Waals surface area contributed by atoms with Crippen molar-refractivity contribution < 1.29 is 22.3 Å². The molecule has 1 aromatic carbocycles. The van der Waals surface area contributed by atoms with Crippen molar-refractivity contribution in [1.29, 1.82) is 0 Å². The molecule has 0 fully saturated rings. The molecule has 0 radical (unpaired) electrons. The maximum Gasteiger partial charge on any atom is 0.422 e. The molecule has 0 aromatic heterocycles. The van der Waals surface area contributed by atoms with Gasteiger partial charge in [-0.3, -0.25) is 0 Å². The zero-order valence-corrected chi connectivity index (χ0v) is 9.12. The van der Waals surface area contributed by atoms with Gasteiger partial charge in [0.15, 0.2) is 5.82 Å². The van der Waals surface area contributed by atoms with Gasteiger partial charge >= 0.3 is 6.18 Å². The summed E-state index contributed by atoms with van der Waals surface area (Å²) in [4.78, 5) is 0. The van der Waals surface area contributed by atoms with Crippen molar-refractivity contribution in [3.05, 3.63) is 28.5 Å². The molecule has 0 amide bonds. The lowest BCUT2D eigenvalue weighted by atomic mass is 10.2. The Kier molecular flexibility index (Phi) is 4.02. The van der Waals surface area contributed by atoms with Crippen LogP contribution in [-0.2, 0) is 6.18 Å². The quantitative estimate of drug-likeness (QED) is 0.733. The number of hydrogen-bond acceptors (Lipinski definition) is 1. The third-order valence-corrected chi connectivity index (χ3v) is 2.09. The van der Waals surface area contributed by atoms with Crippen LogP contribution >= 0.6 is 11.6 Å². The Bertz CT molecular complexity index is 376. The minimum atomic E-state index is -4.82. The first-order valence-electron chi connectivity index (χ1n) is 4.56. The SMILES string of the molecule is CCCOc1ccc(Cl)c(F)c1C(F)(F)F. The molecule has 16 heavy (non-hydrogen) atoms. The summed E-state index contributed by atoms with van der Waals surface area (Å²) in [5, 5.41) is -0.573. The van der Waals surface area contributed by atoms with Gasteiger partial charge in [-0.2, -0.15) is 13.2 Å². The average Bonchev–Trinajstić information content (AvgIpc) is 2.17. The molecule has 1 rings (SSSR count). The minimum Gasteiger partial charge on any atom is -0.493 e. The van der Waals surface area contributed by atoms with Gasteiger partial charge in [0.05, 0.1) is 11.6 Å². The van der Waals surface area contributed by atoms with E-state index >= 15 is 0 Å². The number of hydrogen-bond donors (Lipinski definition) is 0. The van der Waals surface area contributed by atoms with Crippen molar-refractivity contribution in [2.45, 2.75) is 19.5 Å². The molecule has 6 heteroatoms. The zero-order valence-electron chi connectivity index (χ0n) is 8.37. The summed E-state index contributed by atoms with van der Waals surface area (Å²) in [7, 11) is 0. The number of rotatable bonds is 3. The fourth-order valence-corrected chi connectivity index (χ4v) is 1.29. The summed E-state index contributed by atoms with van der Waals surface area (Å²) < 4.78 is 55.7. The van der Waals surface area contributed by atoms with Gasteiger partial charge < -0.3 is 4.74 Å². The molecule has 0 aliphatic heterocycles. The van der Waals surface area contributed by atoms with Crippen LogP contribution < -0.4 is 4.74 Å². The van der Waals surface area contributed by atoms with Crippen LogP contribution in [0.1, 0.15) is 18.9 Å². The van der Waals surface area contributed by atoms with Gasteiger partial charge in [-0.1, -0.05) is 18.5 Å². The molecule has 0 spiro atoms. The zero-order chi connectivity index (χ0) is 12.3. The van der Waals surface area contributed by atoms with Crippen molar-refractivity contribution in [3.63, 3.8) is 0 Å². The highest BCUT2D eigenvalue weighted by atomic mass is 35.5. The summed E-state index contributed by atoms with van der Waals surface area (Å²) in [6.07, 6.45) is -4.29. The minimum absolute atomic E-state index is 0.0875. The maximum absolute atomic E-state index is 13.3. The van der Waals surface area contributed by atoms with Gasteiger partial charge in [0, 0.05) is 0 Å². The largest absolute Gasteiger partial charge is 0.493 e. The van der Waals surface area contributed by atoms with Crippen LogP contribution in [0.5, 0.6) is 5.75 Å². The smallest absolute Gasteiger partial charge is 0.422 e. The molecule has 90 valence electrons. The van der Waals surface area contributed by atoms with Crippen LogP contribution in [0.15, 0.2) is 12.1 Å². The first kappa shape index (κ1) is 13.1. The van der Waals surface area contributed by atoms with Crippen LogP contribution in [0.3, 0.4) is 0 Å². The van der Waals surface area contributed by atoms with Crippen molar-refractivity contribution in [3.8, 4) is 5.75 Å². The van der Waals surface area contributed by atoms with Crippen LogP contribution in [0, 0.1) is 5.82 Å². The maximum atomic E-state index is 13.3. The van der Waals surface area contributed by atoms with E-state index in [1.54, 1.807) is 6.92 Å². The van der Waals surface area contributed by atoms with E-state index in [0.717, 1.165) is 12.1 Å². The summed E-state index contributed by atoms with van der Waals surface area (Å²) in [6.45, 7) is 1.82. The van der Waals surface area contributed by atoms with Gasteiger partial charge in [-0.15, -0.1) is 0 Å². The Balaban J connectivity index is 3.22. The Morgan fingerprint density at radius 2 is 1.94 bits per heavy atom. The average molecular weight is 257 g/mol. The summed E-state index contributed by atoms with van der Waals surface area (Å²) in [5.41, 5.74) is -1.45. The van der Waals surface area contributed by atoms with Gasteiger partial charge in [-0.25, -0.2) is 4.39 Å². The van der Waals surface area contributed by atoms with Gasteiger partial charge in [0.1, 0.15) is 11.3 Å². The van der Waals surface area contributed by atoms with Crippen molar-refractivity contribution in [2.75, 3.05) is 6.61 Å². The predicted octanol–water partition coefficient (Wildman–Crippen LogP) is 4.29. The summed E-state index contributed by atoms with van der Waals surface area (Å²) in [6, 6.07) is 2.06. The van der Waals surface area contributed by atoms with Crippen LogP contribution in [0.2, 0.25) is 5.02 Å². The van der Waals surface area contributed by atoms with Gasteiger partial charge in [0.2, 0.25) is 0 Å². The Labute approximate surface area is 95.0 Å². The fraction of sp³-hybridized carbons (Fsp3) is 0.400. The van der Waals surface area contributed by atoms with Crippen LogP contribution in [0.25, 0.3) is 0 Å². The van der Waals surface area contributed by atoms with Gasteiger partial charge in [0.25, 0.3) is 0 Å². The molecular formula is C10H9ClF4O. The second-order valence-electron chi connectivity index (χ2n) is 3.08. The predicted molar refractivity (Wildman–Crippen MR) is 52.2 cm³/mol. The monoisotopic (exact) mass is 256 g/mol. The van der Waals surface area contributed by atoms with Crippen LogP contribution in [-0.4, -0.2) is 6.61 Å². The molecule has 1 nitrogen and oxygen atoms in total. The normalized spacial score (nSPS) is 11.6. The van der Waals surface area contributed by atoms with E-state index < -0.39 is 28.3 Å². The van der Waals surface area contributed by atoms with E-state index in [2.05, 4.69) is 0 Å². The molecule has 0 heterocycles. The number of halogens is 5. The molecule has 0 atom stereocenters. The lowest BCUT2D eigenvalue weighted by molar-refractivity contribution is -0.141. The van der Waals surface area contributed by atoms with Gasteiger partial charge in [-0.05, 0) is 18.6 Å². The molecule has 0 aliphatic carbocycles. The first-order valence-corrected chi connectivity index (χ1v) is 4.93. The lowest BCUT2D eigenvalue weighted by Gasteiger charge is -2.14.